The number of anilines is 1. The lowest BCUT2D eigenvalue weighted by Crippen LogP contribution is -2.50. The number of carbonyl (C=O) groups is 1. The van der Waals surface area contributed by atoms with E-state index in [1.54, 1.807) is 12.1 Å². The molecule has 5 nitrogen and oxygen atoms in total. The van der Waals surface area contributed by atoms with Crippen LogP contribution in [0.2, 0.25) is 0 Å². The molecule has 0 unspecified atom stereocenters. The lowest BCUT2D eigenvalue weighted by atomic mass is 10.2. The number of halogens is 1. The Morgan fingerprint density at radius 1 is 1.22 bits per heavy atom. The fourth-order valence-corrected chi connectivity index (χ4v) is 3.48. The Hall–Kier alpha value is -2.02. The van der Waals surface area contributed by atoms with E-state index in [4.69, 9.17) is 0 Å². The number of hydrogen-bond donors (Lipinski definition) is 0. The van der Waals surface area contributed by atoms with Gasteiger partial charge in [-0.15, -0.1) is 0 Å². The molecule has 120 valence electrons. The standard InChI is InChI=1S/C16H17FN4OS/c17-13-5-1-11(2-6-13)9-20-7-8-21(10-14(20)22)16-18-15(19-23-16)12-3-4-12/h1-2,5-6,12H,3-4,7-10H2. The maximum atomic E-state index is 12.9. The topological polar surface area (TPSA) is 49.3 Å². The summed E-state index contributed by atoms with van der Waals surface area (Å²) in [6, 6.07) is 6.30. The highest BCUT2D eigenvalue weighted by molar-refractivity contribution is 7.09. The second-order valence-electron chi connectivity index (χ2n) is 6.07. The molecule has 2 heterocycles. The van der Waals surface area contributed by atoms with Crippen LogP contribution in [0.4, 0.5) is 9.52 Å². The molecule has 1 aliphatic heterocycles. The van der Waals surface area contributed by atoms with Crippen molar-refractivity contribution in [1.29, 1.82) is 0 Å². The van der Waals surface area contributed by atoms with Gasteiger partial charge in [0.2, 0.25) is 11.0 Å². The van der Waals surface area contributed by atoms with Crippen molar-refractivity contribution in [2.75, 3.05) is 24.5 Å². The van der Waals surface area contributed by atoms with Crippen molar-refractivity contribution >= 4 is 22.6 Å². The molecule has 2 aromatic rings. The Labute approximate surface area is 137 Å². The zero-order chi connectivity index (χ0) is 15.8. The van der Waals surface area contributed by atoms with Gasteiger partial charge in [-0.25, -0.2) is 9.37 Å². The van der Waals surface area contributed by atoms with Crippen LogP contribution in [0.15, 0.2) is 24.3 Å². The first kappa shape index (κ1) is 14.6. The van der Waals surface area contributed by atoms with E-state index in [0.29, 0.717) is 25.6 Å². The van der Waals surface area contributed by atoms with Gasteiger partial charge < -0.3 is 9.80 Å². The van der Waals surface area contributed by atoms with Crippen molar-refractivity contribution in [2.45, 2.75) is 25.3 Å². The average Bonchev–Trinajstić information content (AvgIpc) is 3.29. The van der Waals surface area contributed by atoms with Crippen LogP contribution >= 0.6 is 11.5 Å². The number of nitrogens with zero attached hydrogens (tertiary/aromatic N) is 4. The lowest BCUT2D eigenvalue weighted by molar-refractivity contribution is -0.131. The molecule has 0 spiro atoms. The first-order valence-corrected chi connectivity index (χ1v) is 8.57. The number of aromatic nitrogens is 2. The first-order chi connectivity index (χ1) is 11.2. The monoisotopic (exact) mass is 332 g/mol. The lowest BCUT2D eigenvalue weighted by Gasteiger charge is -2.34. The third-order valence-electron chi connectivity index (χ3n) is 4.25. The molecule has 1 saturated heterocycles. The molecule has 1 amide bonds. The Morgan fingerprint density at radius 3 is 2.70 bits per heavy atom. The van der Waals surface area contributed by atoms with E-state index < -0.39 is 0 Å². The maximum absolute atomic E-state index is 12.9. The zero-order valence-corrected chi connectivity index (χ0v) is 13.4. The minimum Gasteiger partial charge on any atom is -0.336 e. The number of piperazine rings is 1. The number of carbonyl (C=O) groups excluding carboxylic acids is 1. The molecule has 2 fully saturated rings. The number of amides is 1. The molecular weight excluding hydrogens is 315 g/mol. The van der Waals surface area contributed by atoms with Crippen LogP contribution in [0.3, 0.4) is 0 Å². The van der Waals surface area contributed by atoms with E-state index in [2.05, 4.69) is 9.36 Å². The molecule has 0 N–H and O–H groups in total. The molecular formula is C16H17FN4OS. The van der Waals surface area contributed by atoms with E-state index in [1.165, 1.54) is 36.5 Å². The molecule has 7 heteroatoms. The van der Waals surface area contributed by atoms with Gasteiger partial charge in [0, 0.05) is 37.1 Å². The van der Waals surface area contributed by atoms with E-state index >= 15 is 0 Å². The Bertz CT molecular complexity index is 713. The summed E-state index contributed by atoms with van der Waals surface area (Å²) in [5.74, 6) is 1.29. The average molecular weight is 332 g/mol. The highest BCUT2D eigenvalue weighted by Crippen LogP contribution is 2.39. The molecule has 1 aromatic carbocycles. The number of rotatable bonds is 4. The number of benzene rings is 1. The van der Waals surface area contributed by atoms with E-state index in [9.17, 15) is 9.18 Å². The van der Waals surface area contributed by atoms with Gasteiger partial charge in [-0.05, 0) is 30.5 Å². The Kier molecular flexibility index (Phi) is 3.72. The molecule has 0 radical (unpaired) electrons. The van der Waals surface area contributed by atoms with Crippen LogP contribution in [0, 0.1) is 5.82 Å². The second-order valence-corrected chi connectivity index (χ2v) is 6.80. The fraction of sp³-hybridized carbons (Fsp3) is 0.438. The van der Waals surface area contributed by atoms with Crippen LogP contribution in [-0.4, -0.2) is 39.8 Å². The predicted octanol–water partition coefficient (Wildman–Crippen LogP) is 2.40. The van der Waals surface area contributed by atoms with Crippen LogP contribution in [0.25, 0.3) is 0 Å². The molecule has 23 heavy (non-hydrogen) atoms. The molecule has 0 atom stereocenters. The van der Waals surface area contributed by atoms with Gasteiger partial charge in [-0.3, -0.25) is 4.79 Å². The van der Waals surface area contributed by atoms with Gasteiger partial charge in [-0.2, -0.15) is 4.37 Å². The maximum Gasteiger partial charge on any atom is 0.242 e. The van der Waals surface area contributed by atoms with Gasteiger partial charge in [0.25, 0.3) is 0 Å². The van der Waals surface area contributed by atoms with Crippen molar-refractivity contribution in [2.24, 2.45) is 0 Å². The Balaban J connectivity index is 1.39. The molecule has 1 aliphatic carbocycles. The summed E-state index contributed by atoms with van der Waals surface area (Å²) >= 11 is 1.39. The molecule has 4 rings (SSSR count). The second kappa shape index (κ2) is 5.88. The molecule has 1 saturated carbocycles. The van der Waals surface area contributed by atoms with Crippen LogP contribution in [-0.2, 0) is 11.3 Å². The third-order valence-corrected chi connectivity index (χ3v) is 5.04. The summed E-state index contributed by atoms with van der Waals surface area (Å²) in [4.78, 5) is 20.8. The summed E-state index contributed by atoms with van der Waals surface area (Å²) in [6.07, 6.45) is 2.36. The summed E-state index contributed by atoms with van der Waals surface area (Å²) in [5, 5.41) is 0.849. The minimum atomic E-state index is -0.257. The highest BCUT2D eigenvalue weighted by atomic mass is 32.1. The van der Waals surface area contributed by atoms with Crippen molar-refractivity contribution in [3.05, 3.63) is 41.5 Å². The predicted molar refractivity (Wildman–Crippen MR) is 85.9 cm³/mol. The van der Waals surface area contributed by atoms with E-state index in [0.717, 1.165) is 23.1 Å². The van der Waals surface area contributed by atoms with Crippen LogP contribution in [0.5, 0.6) is 0 Å². The molecule has 1 aromatic heterocycles. The van der Waals surface area contributed by atoms with Gasteiger partial charge >= 0.3 is 0 Å². The van der Waals surface area contributed by atoms with E-state index in [1.807, 2.05) is 9.80 Å². The molecule has 2 aliphatic rings. The number of hydrogen-bond acceptors (Lipinski definition) is 5. The van der Waals surface area contributed by atoms with Gasteiger partial charge in [0.15, 0.2) is 0 Å². The normalized spacial score (nSPS) is 18.6. The van der Waals surface area contributed by atoms with Crippen molar-refractivity contribution in [1.82, 2.24) is 14.3 Å². The highest BCUT2D eigenvalue weighted by Gasteiger charge is 2.30. The summed E-state index contributed by atoms with van der Waals surface area (Å²) in [7, 11) is 0. The summed E-state index contributed by atoms with van der Waals surface area (Å²) < 4.78 is 17.3. The fourth-order valence-electron chi connectivity index (χ4n) is 2.71. The summed E-state index contributed by atoms with van der Waals surface area (Å²) in [5.41, 5.74) is 0.945. The van der Waals surface area contributed by atoms with Crippen molar-refractivity contribution < 1.29 is 9.18 Å². The minimum absolute atomic E-state index is 0.0729. The van der Waals surface area contributed by atoms with Gasteiger partial charge in [0.05, 0.1) is 6.54 Å². The first-order valence-electron chi connectivity index (χ1n) is 7.80. The zero-order valence-electron chi connectivity index (χ0n) is 12.6. The van der Waals surface area contributed by atoms with Gasteiger partial charge in [-0.1, -0.05) is 12.1 Å². The smallest absolute Gasteiger partial charge is 0.242 e. The van der Waals surface area contributed by atoms with Gasteiger partial charge in [0.1, 0.15) is 11.6 Å². The van der Waals surface area contributed by atoms with Crippen molar-refractivity contribution in [3.63, 3.8) is 0 Å². The van der Waals surface area contributed by atoms with Crippen LogP contribution < -0.4 is 4.90 Å². The van der Waals surface area contributed by atoms with Crippen LogP contribution in [0.1, 0.15) is 30.1 Å². The van der Waals surface area contributed by atoms with Crippen molar-refractivity contribution in [3.8, 4) is 0 Å². The quantitative estimate of drug-likeness (QED) is 0.863. The largest absolute Gasteiger partial charge is 0.336 e. The SMILES string of the molecule is O=C1CN(c2nc(C3CC3)ns2)CCN1Cc1ccc(F)cc1. The molecule has 0 bridgehead atoms. The Morgan fingerprint density at radius 2 is 2.00 bits per heavy atom. The van der Waals surface area contributed by atoms with E-state index in [-0.39, 0.29) is 11.7 Å². The third kappa shape index (κ3) is 3.19. The summed E-state index contributed by atoms with van der Waals surface area (Å²) in [6.45, 7) is 2.26.